The molecule has 1 aromatic carbocycles. The first-order chi connectivity index (χ1) is 15.2. The van der Waals surface area contributed by atoms with Gasteiger partial charge in [0, 0.05) is 18.0 Å². The third-order valence-electron chi connectivity index (χ3n) is 5.86. The monoisotopic (exact) mass is 442 g/mol. The zero-order chi connectivity index (χ0) is 21.6. The van der Waals surface area contributed by atoms with Gasteiger partial charge in [-0.1, -0.05) is 30.3 Å². The Kier molecular flexibility index (Phi) is 7.37. The van der Waals surface area contributed by atoms with Crippen LogP contribution < -0.4 is 10.6 Å². The lowest BCUT2D eigenvalue weighted by Crippen LogP contribution is -2.37. The van der Waals surface area contributed by atoms with Gasteiger partial charge in [-0.25, -0.2) is 4.79 Å². The molecule has 2 unspecified atom stereocenters. The van der Waals surface area contributed by atoms with Crippen molar-refractivity contribution in [1.82, 2.24) is 5.32 Å². The predicted octanol–water partition coefficient (Wildman–Crippen LogP) is 4.25. The molecule has 31 heavy (non-hydrogen) atoms. The quantitative estimate of drug-likeness (QED) is 0.598. The van der Waals surface area contributed by atoms with Gasteiger partial charge in [-0.15, -0.1) is 11.3 Å². The van der Waals surface area contributed by atoms with Crippen LogP contribution in [0.4, 0.5) is 5.00 Å². The number of benzene rings is 1. The number of anilines is 1. The number of carbonyl (C=O) groups excluding carboxylic acids is 2. The maximum Gasteiger partial charge on any atom is 0.341 e. The Morgan fingerprint density at radius 3 is 2.74 bits per heavy atom. The fourth-order valence-electron chi connectivity index (χ4n) is 4.32. The largest absolute Gasteiger partial charge is 0.462 e. The van der Waals surface area contributed by atoms with Crippen LogP contribution in [0.15, 0.2) is 30.3 Å². The number of carbonyl (C=O) groups is 2. The van der Waals surface area contributed by atoms with Gasteiger partial charge in [0.2, 0.25) is 5.91 Å². The molecular formula is C24H30N2O4S. The molecule has 0 saturated carbocycles. The molecule has 0 bridgehead atoms. The average Bonchev–Trinajstić information content (AvgIpc) is 3.42. The van der Waals surface area contributed by atoms with Crippen LogP contribution in [0.5, 0.6) is 0 Å². The van der Waals surface area contributed by atoms with E-state index >= 15 is 0 Å². The van der Waals surface area contributed by atoms with Crippen LogP contribution >= 0.6 is 11.3 Å². The third-order valence-corrected chi connectivity index (χ3v) is 7.06. The highest BCUT2D eigenvalue weighted by molar-refractivity contribution is 7.17. The number of nitrogens with one attached hydrogen (secondary N) is 2. The highest BCUT2D eigenvalue weighted by Gasteiger charge is 2.30. The van der Waals surface area contributed by atoms with Gasteiger partial charge in [-0.3, -0.25) is 10.1 Å². The topological polar surface area (TPSA) is 76.7 Å². The lowest BCUT2D eigenvalue weighted by molar-refractivity contribution is -0.118. The Labute approximate surface area is 187 Å². The van der Waals surface area contributed by atoms with E-state index in [0.717, 1.165) is 56.3 Å². The minimum Gasteiger partial charge on any atom is -0.462 e. The second-order valence-corrected chi connectivity index (χ2v) is 9.12. The van der Waals surface area contributed by atoms with Gasteiger partial charge in [0.25, 0.3) is 0 Å². The van der Waals surface area contributed by atoms with Crippen molar-refractivity contribution in [2.45, 2.75) is 57.6 Å². The number of esters is 1. The van der Waals surface area contributed by atoms with E-state index in [2.05, 4.69) is 10.6 Å². The molecule has 1 aliphatic heterocycles. The number of rotatable bonds is 8. The van der Waals surface area contributed by atoms with Gasteiger partial charge in [0.1, 0.15) is 11.0 Å². The summed E-state index contributed by atoms with van der Waals surface area (Å²) in [7, 11) is 0. The van der Waals surface area contributed by atoms with Gasteiger partial charge >= 0.3 is 5.97 Å². The molecule has 166 valence electrons. The summed E-state index contributed by atoms with van der Waals surface area (Å²) in [5, 5.41) is 7.05. The summed E-state index contributed by atoms with van der Waals surface area (Å²) in [6.07, 6.45) is 6.15. The minimum atomic E-state index is -0.528. The van der Waals surface area contributed by atoms with Crippen LogP contribution in [0.2, 0.25) is 0 Å². The highest BCUT2D eigenvalue weighted by atomic mass is 32.1. The summed E-state index contributed by atoms with van der Waals surface area (Å²) < 4.78 is 11.0. The van der Waals surface area contributed by atoms with E-state index in [1.54, 1.807) is 6.92 Å². The number of hydrogen-bond acceptors (Lipinski definition) is 6. The summed E-state index contributed by atoms with van der Waals surface area (Å²) >= 11 is 1.52. The molecule has 1 amide bonds. The fourth-order valence-corrected chi connectivity index (χ4v) is 5.60. The van der Waals surface area contributed by atoms with Gasteiger partial charge in [0.15, 0.2) is 0 Å². The van der Waals surface area contributed by atoms with E-state index in [1.807, 2.05) is 30.3 Å². The summed E-state index contributed by atoms with van der Waals surface area (Å²) in [6, 6.07) is 9.15. The minimum absolute atomic E-state index is 0.128. The zero-order valence-corrected chi connectivity index (χ0v) is 18.8. The lowest BCUT2D eigenvalue weighted by atomic mass is 9.95. The van der Waals surface area contributed by atoms with Crippen molar-refractivity contribution in [3.8, 4) is 0 Å². The Morgan fingerprint density at radius 1 is 1.19 bits per heavy atom. The van der Waals surface area contributed by atoms with Crippen LogP contribution in [0.3, 0.4) is 0 Å². The molecule has 6 nitrogen and oxygen atoms in total. The Balaban J connectivity index is 1.57. The standard InChI is InChI=1S/C24H30N2O4S/c1-2-29-24(28)20-18-12-6-7-13-19(18)31-23(20)26-22(27)21(16-9-4-3-5-10-16)25-15-17-11-8-14-30-17/h3-5,9-10,17,21,25H,2,6-8,11-15H2,1H3,(H,26,27). The van der Waals surface area contributed by atoms with Gasteiger partial charge in [0.05, 0.1) is 18.3 Å². The van der Waals surface area contributed by atoms with Crippen LogP contribution in [-0.4, -0.2) is 37.7 Å². The Morgan fingerprint density at radius 2 is 2.00 bits per heavy atom. The number of fused-ring (bicyclic) bond motifs is 1. The summed E-state index contributed by atoms with van der Waals surface area (Å²) in [5.41, 5.74) is 2.48. The van der Waals surface area contributed by atoms with Crippen molar-refractivity contribution in [2.75, 3.05) is 25.1 Å². The van der Waals surface area contributed by atoms with Crippen LogP contribution in [0, 0.1) is 0 Å². The van der Waals surface area contributed by atoms with E-state index in [9.17, 15) is 9.59 Å². The highest BCUT2D eigenvalue weighted by Crippen LogP contribution is 2.39. The maximum atomic E-state index is 13.4. The predicted molar refractivity (Wildman–Crippen MR) is 122 cm³/mol. The van der Waals surface area contributed by atoms with Crippen molar-refractivity contribution < 1.29 is 19.1 Å². The maximum absolute atomic E-state index is 13.4. The molecule has 1 aliphatic carbocycles. The van der Waals surface area contributed by atoms with Crippen molar-refractivity contribution >= 4 is 28.2 Å². The van der Waals surface area contributed by atoms with E-state index < -0.39 is 6.04 Å². The second kappa shape index (κ2) is 10.4. The number of hydrogen-bond donors (Lipinski definition) is 2. The molecule has 1 aromatic heterocycles. The van der Waals surface area contributed by atoms with Crippen molar-refractivity contribution in [2.24, 2.45) is 0 Å². The first-order valence-electron chi connectivity index (χ1n) is 11.2. The molecule has 2 heterocycles. The molecule has 4 rings (SSSR count). The van der Waals surface area contributed by atoms with Crippen molar-refractivity contribution in [1.29, 1.82) is 0 Å². The summed E-state index contributed by atoms with van der Waals surface area (Å²) in [4.78, 5) is 27.3. The van der Waals surface area contributed by atoms with Gasteiger partial charge < -0.3 is 14.8 Å². The first-order valence-corrected chi connectivity index (χ1v) is 12.0. The van der Waals surface area contributed by atoms with Crippen LogP contribution in [0.25, 0.3) is 0 Å². The molecule has 2 aromatic rings. The summed E-state index contributed by atoms with van der Waals surface area (Å²) in [5.74, 6) is -0.519. The molecule has 7 heteroatoms. The summed E-state index contributed by atoms with van der Waals surface area (Å²) in [6.45, 7) is 3.50. The Hall–Kier alpha value is -2.22. The van der Waals surface area contributed by atoms with Gasteiger partial charge in [-0.05, 0) is 56.6 Å². The molecule has 0 radical (unpaired) electrons. The number of amides is 1. The molecule has 2 atom stereocenters. The normalized spacial score (nSPS) is 18.9. The van der Waals surface area contributed by atoms with E-state index in [1.165, 1.54) is 16.2 Å². The number of thiophene rings is 1. The SMILES string of the molecule is CCOC(=O)c1c(NC(=O)C(NCC2CCCO2)c2ccccc2)sc2c1CCCC2. The molecule has 2 aliphatic rings. The first kappa shape index (κ1) is 22.0. The van der Waals surface area contributed by atoms with Crippen molar-refractivity contribution in [3.05, 3.63) is 51.9 Å². The number of aryl methyl sites for hydroxylation is 1. The van der Waals surface area contributed by atoms with Crippen LogP contribution in [0.1, 0.15) is 65.0 Å². The lowest BCUT2D eigenvalue weighted by Gasteiger charge is -2.21. The Bertz CT molecular complexity index is 906. The van der Waals surface area contributed by atoms with E-state index in [-0.39, 0.29) is 18.0 Å². The molecule has 2 N–H and O–H groups in total. The second-order valence-electron chi connectivity index (χ2n) is 8.01. The van der Waals surface area contributed by atoms with Crippen molar-refractivity contribution in [3.63, 3.8) is 0 Å². The third kappa shape index (κ3) is 5.17. The molecular weight excluding hydrogens is 412 g/mol. The van der Waals surface area contributed by atoms with Gasteiger partial charge in [-0.2, -0.15) is 0 Å². The fraction of sp³-hybridized carbons (Fsp3) is 0.500. The van der Waals surface area contributed by atoms with E-state index in [4.69, 9.17) is 9.47 Å². The molecule has 1 saturated heterocycles. The van der Waals surface area contributed by atoms with Crippen LogP contribution in [-0.2, 0) is 27.1 Å². The smallest absolute Gasteiger partial charge is 0.341 e. The molecule has 1 fully saturated rings. The average molecular weight is 443 g/mol. The van der Waals surface area contributed by atoms with E-state index in [0.29, 0.717) is 23.7 Å². The molecule has 0 spiro atoms. The zero-order valence-electron chi connectivity index (χ0n) is 17.9. The number of ether oxygens (including phenoxy) is 2.